The third-order valence-electron chi connectivity index (χ3n) is 13.6. The number of aliphatic hydroxyl groups is 2. The van der Waals surface area contributed by atoms with Gasteiger partial charge < -0.3 is 38.9 Å². The fourth-order valence-corrected chi connectivity index (χ4v) is 10.4. The van der Waals surface area contributed by atoms with Gasteiger partial charge in [0.2, 0.25) is 12.1 Å². The number of hydrogen-bond donors (Lipinski definition) is 2. The molecular formula is C54H59F2N3O8. The number of fused-ring (bicyclic) bond motifs is 2. The number of carbonyl (C=O) groups is 1. The molecule has 2 heterocycles. The van der Waals surface area contributed by atoms with Gasteiger partial charge in [-0.1, -0.05) is 60.5 Å². The molecule has 2 aliphatic heterocycles. The van der Waals surface area contributed by atoms with E-state index >= 15 is 4.79 Å². The van der Waals surface area contributed by atoms with Crippen LogP contribution in [0.5, 0.6) is 11.5 Å². The summed E-state index contributed by atoms with van der Waals surface area (Å²) in [5.41, 5.74) is 4.09. The standard InChI is InChI=1S/C54H59F2N3O8/c1-2-28-65-54-49(59(34-37-18-22-41(55)23-19-37)53(62)38-20-16-36(33-57)17-21-38)32-47(58-67-50-15-7-10-29-63-50)44-30-39(11-5-8-26-60)43(13-6-9-27-61)51(52(44)54)45-31-42(24-25-48(45)66-54)64-35-40-12-3-4-14-46(40)56/h2-4,12,14,16-25,30-31,39,43,49-52,60-61H,1,5-11,13,15,26-29,32,34-35H2. The Morgan fingerprint density at radius 3 is 2.46 bits per heavy atom. The lowest BCUT2D eigenvalue weighted by molar-refractivity contribution is -0.255. The van der Waals surface area contributed by atoms with Gasteiger partial charge in [-0.25, -0.2) is 8.78 Å². The van der Waals surface area contributed by atoms with Gasteiger partial charge in [0.05, 0.1) is 36.5 Å². The summed E-state index contributed by atoms with van der Waals surface area (Å²) in [6, 6.07) is 25.8. The van der Waals surface area contributed by atoms with E-state index in [4.69, 9.17) is 28.9 Å². The molecular weight excluding hydrogens is 857 g/mol. The Labute approximate surface area is 391 Å². The number of unbranched alkanes of at least 4 members (excludes halogenated alkanes) is 2. The Bertz CT molecular complexity index is 2430. The minimum atomic E-state index is -1.58. The molecule has 0 spiro atoms. The zero-order chi connectivity index (χ0) is 46.8. The minimum absolute atomic E-state index is 0.00305. The zero-order valence-corrected chi connectivity index (χ0v) is 37.7. The first-order chi connectivity index (χ1) is 32.8. The van der Waals surface area contributed by atoms with E-state index in [9.17, 15) is 24.3 Å². The number of oxime groups is 1. The zero-order valence-electron chi connectivity index (χ0n) is 37.7. The van der Waals surface area contributed by atoms with Crippen LogP contribution in [0, 0.1) is 40.7 Å². The number of ether oxygens (including phenoxy) is 4. The van der Waals surface area contributed by atoms with Crippen LogP contribution < -0.4 is 9.47 Å². The van der Waals surface area contributed by atoms with Gasteiger partial charge >= 0.3 is 0 Å². The molecule has 0 bridgehead atoms. The van der Waals surface area contributed by atoms with Gasteiger partial charge in [0, 0.05) is 55.2 Å². The molecule has 1 amide bonds. The number of nitriles is 1. The van der Waals surface area contributed by atoms with Crippen molar-refractivity contribution in [3.05, 3.63) is 155 Å². The highest BCUT2D eigenvalue weighted by atomic mass is 19.1. The van der Waals surface area contributed by atoms with Crippen molar-refractivity contribution in [1.29, 1.82) is 5.26 Å². The second-order valence-corrected chi connectivity index (χ2v) is 17.8. The summed E-state index contributed by atoms with van der Waals surface area (Å²) in [6.45, 7) is 4.75. The van der Waals surface area contributed by atoms with Crippen LogP contribution in [-0.2, 0) is 27.5 Å². The number of halogens is 2. The maximum absolute atomic E-state index is 15.3. The first-order valence-electron chi connectivity index (χ1n) is 23.5. The van der Waals surface area contributed by atoms with Crippen molar-refractivity contribution in [1.82, 2.24) is 4.90 Å². The molecule has 0 aromatic heterocycles. The van der Waals surface area contributed by atoms with Crippen molar-refractivity contribution in [3.8, 4) is 17.6 Å². The van der Waals surface area contributed by atoms with Crippen molar-refractivity contribution < 1.29 is 47.6 Å². The van der Waals surface area contributed by atoms with Crippen molar-refractivity contribution in [2.45, 2.75) is 101 Å². The van der Waals surface area contributed by atoms with Crippen LogP contribution in [0.3, 0.4) is 0 Å². The maximum Gasteiger partial charge on any atom is 0.254 e. The summed E-state index contributed by atoms with van der Waals surface area (Å²) >= 11 is 0. The Morgan fingerprint density at radius 1 is 0.970 bits per heavy atom. The molecule has 11 nitrogen and oxygen atoms in total. The summed E-state index contributed by atoms with van der Waals surface area (Å²) in [5, 5.41) is 34.6. The van der Waals surface area contributed by atoms with Gasteiger partial charge in [-0.2, -0.15) is 5.26 Å². The Kier molecular flexibility index (Phi) is 15.8. The molecule has 352 valence electrons. The molecule has 4 aliphatic rings. The van der Waals surface area contributed by atoms with Crippen molar-refractivity contribution >= 4 is 11.6 Å². The van der Waals surface area contributed by atoms with E-state index in [-0.39, 0.29) is 68.9 Å². The van der Waals surface area contributed by atoms with Gasteiger partial charge in [-0.3, -0.25) is 4.79 Å². The van der Waals surface area contributed by atoms with Crippen LogP contribution >= 0.6 is 0 Å². The summed E-state index contributed by atoms with van der Waals surface area (Å²) < 4.78 is 56.2. The average Bonchev–Trinajstić information content (AvgIpc) is 3.36. The monoisotopic (exact) mass is 915 g/mol. The van der Waals surface area contributed by atoms with Crippen LogP contribution in [0.1, 0.15) is 103 Å². The topological polar surface area (TPSA) is 143 Å². The van der Waals surface area contributed by atoms with Crippen LogP contribution in [0.2, 0.25) is 0 Å². The van der Waals surface area contributed by atoms with E-state index in [0.29, 0.717) is 65.3 Å². The number of hydrogen-bond acceptors (Lipinski definition) is 10. The normalized spacial score (nSPS) is 24.6. The third-order valence-corrected chi connectivity index (χ3v) is 13.6. The van der Waals surface area contributed by atoms with Crippen molar-refractivity contribution in [3.63, 3.8) is 0 Å². The Hall–Kier alpha value is -5.91. The summed E-state index contributed by atoms with van der Waals surface area (Å²) in [6.07, 6.45) is 10.2. The minimum Gasteiger partial charge on any atom is -0.489 e. The lowest BCUT2D eigenvalue weighted by Crippen LogP contribution is -2.70. The lowest BCUT2D eigenvalue weighted by atomic mass is 9.55. The highest BCUT2D eigenvalue weighted by molar-refractivity contribution is 6.03. The van der Waals surface area contributed by atoms with Gasteiger partial charge in [0.25, 0.3) is 5.91 Å². The van der Waals surface area contributed by atoms with Gasteiger partial charge in [-0.15, -0.1) is 6.58 Å². The number of aliphatic hydroxyl groups excluding tert-OH is 2. The molecule has 67 heavy (non-hydrogen) atoms. The molecule has 1 saturated carbocycles. The molecule has 4 aromatic rings. The first-order valence-corrected chi connectivity index (χ1v) is 23.5. The second kappa shape index (κ2) is 22.3. The van der Waals surface area contributed by atoms with E-state index in [1.165, 1.54) is 18.2 Å². The number of allylic oxidation sites excluding steroid dienone is 1. The molecule has 2 aliphatic carbocycles. The van der Waals surface area contributed by atoms with Gasteiger partial charge in [-0.05, 0) is 122 Å². The molecule has 2 fully saturated rings. The fraction of sp³-hybridized carbons (Fsp3) is 0.426. The quantitative estimate of drug-likeness (QED) is 0.0503. The number of benzene rings is 4. The van der Waals surface area contributed by atoms with E-state index in [1.807, 2.05) is 12.1 Å². The highest BCUT2D eigenvalue weighted by Crippen LogP contribution is 2.62. The summed E-state index contributed by atoms with van der Waals surface area (Å²) in [5.74, 6) is -2.74. The molecule has 0 radical (unpaired) electrons. The number of nitrogens with zero attached hydrogens (tertiary/aromatic N) is 3. The van der Waals surface area contributed by atoms with Crippen molar-refractivity contribution in [2.75, 3.05) is 26.4 Å². The van der Waals surface area contributed by atoms with Crippen LogP contribution in [0.4, 0.5) is 8.78 Å². The van der Waals surface area contributed by atoms with Crippen LogP contribution in [0.15, 0.2) is 120 Å². The van der Waals surface area contributed by atoms with Crippen LogP contribution in [-0.4, -0.2) is 71.3 Å². The molecule has 13 heteroatoms. The molecule has 7 unspecified atom stereocenters. The predicted octanol–water partition coefficient (Wildman–Crippen LogP) is 9.92. The first kappa shape index (κ1) is 47.6. The summed E-state index contributed by atoms with van der Waals surface area (Å²) in [4.78, 5) is 23.4. The number of carbonyl (C=O) groups excluding carboxylic acids is 1. The SMILES string of the molecule is C=CCOC12Oc3ccc(OCc4ccccc4F)cc3C3C(CCCCO)C(CCCCO)C=C(C(=NOC4CCCCO4)CC1N(Cc1ccc(F)cc1)C(=O)c1ccc(C#N)cc1)C32. The van der Waals surface area contributed by atoms with E-state index in [1.54, 1.807) is 71.6 Å². The molecule has 4 aromatic carbocycles. The van der Waals surface area contributed by atoms with Gasteiger partial charge in [0.15, 0.2) is 0 Å². The number of amides is 1. The molecule has 7 atom stereocenters. The Morgan fingerprint density at radius 2 is 1.75 bits per heavy atom. The molecule has 2 N–H and O–H groups in total. The Balaban J connectivity index is 1.35. The van der Waals surface area contributed by atoms with Gasteiger partial charge in [0.1, 0.15) is 35.8 Å². The fourth-order valence-electron chi connectivity index (χ4n) is 10.4. The third kappa shape index (κ3) is 10.6. The smallest absolute Gasteiger partial charge is 0.254 e. The maximum atomic E-state index is 15.3. The van der Waals surface area contributed by atoms with E-state index in [0.717, 1.165) is 49.7 Å². The van der Waals surface area contributed by atoms with E-state index < -0.39 is 29.9 Å². The molecule has 1 saturated heterocycles. The van der Waals surface area contributed by atoms with Crippen LogP contribution in [0.25, 0.3) is 0 Å². The average molecular weight is 916 g/mol. The van der Waals surface area contributed by atoms with Crippen molar-refractivity contribution in [2.24, 2.45) is 22.9 Å². The summed E-state index contributed by atoms with van der Waals surface area (Å²) in [7, 11) is 0. The number of rotatable bonds is 20. The largest absolute Gasteiger partial charge is 0.489 e. The molecule has 8 rings (SSSR count). The van der Waals surface area contributed by atoms with E-state index in [2.05, 4.69) is 18.7 Å². The second-order valence-electron chi connectivity index (χ2n) is 17.8. The lowest BCUT2D eigenvalue weighted by Gasteiger charge is -2.60. The highest BCUT2D eigenvalue weighted by Gasteiger charge is 2.65. The predicted molar refractivity (Wildman–Crippen MR) is 248 cm³/mol.